The van der Waals surface area contributed by atoms with Crippen LogP contribution in [-0.4, -0.2) is 38.1 Å². The highest BCUT2D eigenvalue weighted by atomic mass is 15.1. The summed E-state index contributed by atoms with van der Waals surface area (Å²) in [6.07, 6.45) is 9.38. The summed E-state index contributed by atoms with van der Waals surface area (Å²) in [6, 6.07) is 7.88. The minimum Gasteiger partial charge on any atom is -0.375 e. The molecule has 1 saturated heterocycles. The fourth-order valence-corrected chi connectivity index (χ4v) is 3.78. The second-order valence-electron chi connectivity index (χ2n) is 6.65. The minimum atomic E-state index is 0.792. The smallest absolute Gasteiger partial charge is 0.0366 e. The highest BCUT2D eigenvalue weighted by Gasteiger charge is 2.19. The molecule has 0 amide bonds. The van der Waals surface area contributed by atoms with Gasteiger partial charge in [0.15, 0.2) is 0 Å². The first-order valence-corrected chi connectivity index (χ1v) is 8.27. The molecule has 0 radical (unpaired) electrons. The van der Waals surface area contributed by atoms with Crippen LogP contribution in [0.1, 0.15) is 43.2 Å². The van der Waals surface area contributed by atoms with Gasteiger partial charge in [0.1, 0.15) is 0 Å². The topological polar surface area (TPSA) is 6.48 Å². The Bertz CT molecular complexity index is 455. The lowest BCUT2D eigenvalue weighted by atomic mass is 10.00. The zero-order valence-corrected chi connectivity index (χ0v) is 13.1. The Morgan fingerprint density at radius 2 is 2.00 bits per heavy atom. The Hall–Kier alpha value is -1.02. The van der Waals surface area contributed by atoms with E-state index in [1.165, 1.54) is 63.7 Å². The lowest BCUT2D eigenvalue weighted by Crippen LogP contribution is -2.38. The van der Waals surface area contributed by atoms with Gasteiger partial charge in [-0.2, -0.15) is 0 Å². The molecule has 1 aromatic rings. The van der Waals surface area contributed by atoms with Crippen molar-refractivity contribution >= 4 is 5.69 Å². The number of hydrogen-bond acceptors (Lipinski definition) is 2. The van der Waals surface area contributed by atoms with E-state index >= 15 is 0 Å². The third-order valence-corrected chi connectivity index (χ3v) is 5.24. The van der Waals surface area contributed by atoms with Crippen molar-refractivity contribution in [1.82, 2.24) is 4.90 Å². The van der Waals surface area contributed by atoms with E-state index in [0.29, 0.717) is 0 Å². The first-order chi connectivity index (χ1) is 9.74. The summed E-state index contributed by atoms with van der Waals surface area (Å²) in [4.78, 5) is 5.00. The molecule has 110 valence electrons. The predicted octanol–water partition coefficient (Wildman–Crippen LogP) is 3.49. The maximum absolute atomic E-state index is 2.56. The van der Waals surface area contributed by atoms with Crippen molar-refractivity contribution in [2.24, 2.45) is 0 Å². The summed E-state index contributed by atoms with van der Waals surface area (Å²) < 4.78 is 0. The lowest BCUT2D eigenvalue weighted by Gasteiger charge is -2.34. The quantitative estimate of drug-likeness (QED) is 0.828. The molecule has 2 heteroatoms. The van der Waals surface area contributed by atoms with Crippen molar-refractivity contribution in [2.75, 3.05) is 32.1 Å². The van der Waals surface area contributed by atoms with Gasteiger partial charge in [0.2, 0.25) is 0 Å². The molecule has 0 N–H and O–H groups in total. The van der Waals surface area contributed by atoms with Crippen LogP contribution >= 0.6 is 0 Å². The van der Waals surface area contributed by atoms with E-state index in [2.05, 4.69) is 42.1 Å². The zero-order valence-electron chi connectivity index (χ0n) is 13.1. The van der Waals surface area contributed by atoms with Crippen LogP contribution < -0.4 is 4.90 Å². The molecule has 0 bridgehead atoms. The summed E-state index contributed by atoms with van der Waals surface area (Å²) in [6.45, 7) is 2.46. The maximum atomic E-state index is 2.56. The van der Waals surface area contributed by atoms with Gasteiger partial charge in [-0.05, 0) is 75.4 Å². The molecule has 1 atom stereocenters. The molecule has 1 aromatic carbocycles. The van der Waals surface area contributed by atoms with E-state index in [1.807, 2.05) is 0 Å². The third-order valence-electron chi connectivity index (χ3n) is 5.24. The van der Waals surface area contributed by atoms with Gasteiger partial charge in [-0.25, -0.2) is 0 Å². The number of fused-ring (bicyclic) bond motifs is 1. The molecule has 20 heavy (non-hydrogen) atoms. The number of benzene rings is 1. The lowest BCUT2D eigenvalue weighted by molar-refractivity contribution is 0.178. The van der Waals surface area contributed by atoms with Crippen LogP contribution in [0.3, 0.4) is 0 Å². The van der Waals surface area contributed by atoms with Gasteiger partial charge < -0.3 is 9.80 Å². The number of piperidine rings is 1. The molecule has 2 aliphatic rings. The fourth-order valence-electron chi connectivity index (χ4n) is 3.78. The Kier molecular flexibility index (Phi) is 4.30. The van der Waals surface area contributed by atoms with Crippen LogP contribution in [0, 0.1) is 0 Å². The van der Waals surface area contributed by atoms with E-state index < -0.39 is 0 Å². The number of anilines is 1. The Balaban J connectivity index is 1.57. The maximum Gasteiger partial charge on any atom is 0.0366 e. The van der Waals surface area contributed by atoms with Gasteiger partial charge in [0.25, 0.3) is 0 Å². The number of aryl methyl sites for hydroxylation is 2. The van der Waals surface area contributed by atoms with E-state index in [0.717, 1.165) is 6.04 Å². The van der Waals surface area contributed by atoms with Gasteiger partial charge >= 0.3 is 0 Å². The van der Waals surface area contributed by atoms with Gasteiger partial charge in [-0.1, -0.05) is 12.5 Å². The molecule has 1 unspecified atom stereocenters. The van der Waals surface area contributed by atoms with Crippen LogP contribution in [0.5, 0.6) is 0 Å². The number of nitrogens with zero attached hydrogens (tertiary/aromatic N) is 2. The highest BCUT2D eigenvalue weighted by Crippen LogP contribution is 2.27. The standard InChI is InChI=1S/C18H28N2/c1-19-12-4-3-8-17(19)11-13-20(2)18-10-9-15-6-5-7-16(15)14-18/h9-10,14,17H,3-8,11-13H2,1-2H3. The minimum absolute atomic E-state index is 0.792. The normalized spacial score (nSPS) is 22.8. The zero-order chi connectivity index (χ0) is 13.9. The molecule has 1 aliphatic carbocycles. The molecule has 1 fully saturated rings. The SMILES string of the molecule is CN(CCC1CCCCN1C)c1ccc2c(c1)CCC2. The van der Waals surface area contributed by atoms with Crippen molar-refractivity contribution < 1.29 is 0 Å². The van der Waals surface area contributed by atoms with E-state index in [9.17, 15) is 0 Å². The molecule has 3 rings (SSSR count). The van der Waals surface area contributed by atoms with E-state index in [-0.39, 0.29) is 0 Å². The van der Waals surface area contributed by atoms with Crippen molar-refractivity contribution in [2.45, 2.75) is 51.0 Å². The van der Waals surface area contributed by atoms with E-state index in [1.54, 1.807) is 11.1 Å². The van der Waals surface area contributed by atoms with Gasteiger partial charge in [-0.3, -0.25) is 0 Å². The molecule has 1 heterocycles. The fraction of sp³-hybridized carbons (Fsp3) is 0.667. The largest absolute Gasteiger partial charge is 0.375 e. The Morgan fingerprint density at radius 1 is 1.15 bits per heavy atom. The Labute approximate surface area is 123 Å². The number of hydrogen-bond donors (Lipinski definition) is 0. The predicted molar refractivity (Wildman–Crippen MR) is 86.6 cm³/mol. The number of rotatable bonds is 4. The van der Waals surface area contributed by atoms with Crippen LogP contribution in [0.2, 0.25) is 0 Å². The first kappa shape index (κ1) is 13.9. The van der Waals surface area contributed by atoms with Crippen LogP contribution in [-0.2, 0) is 12.8 Å². The van der Waals surface area contributed by atoms with Gasteiger partial charge in [0, 0.05) is 25.3 Å². The summed E-state index contributed by atoms with van der Waals surface area (Å²) in [7, 11) is 4.54. The second kappa shape index (κ2) is 6.17. The van der Waals surface area contributed by atoms with Crippen molar-refractivity contribution in [3.63, 3.8) is 0 Å². The van der Waals surface area contributed by atoms with Crippen LogP contribution in [0.15, 0.2) is 18.2 Å². The van der Waals surface area contributed by atoms with Crippen LogP contribution in [0.4, 0.5) is 5.69 Å². The van der Waals surface area contributed by atoms with Crippen molar-refractivity contribution in [3.8, 4) is 0 Å². The summed E-state index contributed by atoms with van der Waals surface area (Å²) in [5, 5.41) is 0. The third kappa shape index (κ3) is 3.01. The first-order valence-electron chi connectivity index (χ1n) is 8.27. The Morgan fingerprint density at radius 3 is 2.85 bits per heavy atom. The average Bonchev–Trinajstić information content (AvgIpc) is 2.93. The number of likely N-dealkylation sites (tertiary alicyclic amines) is 1. The van der Waals surface area contributed by atoms with Crippen LogP contribution in [0.25, 0.3) is 0 Å². The molecule has 1 aliphatic heterocycles. The summed E-state index contributed by atoms with van der Waals surface area (Å²) in [5.41, 5.74) is 4.57. The molecule has 0 aromatic heterocycles. The van der Waals surface area contributed by atoms with Gasteiger partial charge in [-0.15, -0.1) is 0 Å². The van der Waals surface area contributed by atoms with Crippen molar-refractivity contribution in [3.05, 3.63) is 29.3 Å². The summed E-state index contributed by atoms with van der Waals surface area (Å²) in [5.74, 6) is 0. The molecular weight excluding hydrogens is 244 g/mol. The van der Waals surface area contributed by atoms with E-state index in [4.69, 9.17) is 0 Å². The average molecular weight is 272 g/mol. The molecule has 2 nitrogen and oxygen atoms in total. The van der Waals surface area contributed by atoms with Crippen molar-refractivity contribution in [1.29, 1.82) is 0 Å². The molecule has 0 saturated carbocycles. The molecule has 0 spiro atoms. The summed E-state index contributed by atoms with van der Waals surface area (Å²) >= 11 is 0. The highest BCUT2D eigenvalue weighted by molar-refractivity contribution is 5.51. The monoisotopic (exact) mass is 272 g/mol. The second-order valence-corrected chi connectivity index (χ2v) is 6.65. The van der Waals surface area contributed by atoms with Gasteiger partial charge in [0.05, 0.1) is 0 Å². The molecular formula is C18H28N2.